The molecule has 0 atom stereocenters. The minimum absolute atomic E-state index is 0.00407. The number of carbonyl (C=O) groups excluding carboxylic acids is 2. The Balaban J connectivity index is 0.000000472. The molecule has 0 aliphatic rings. The fourth-order valence-electron chi connectivity index (χ4n) is 1.48. The predicted octanol–water partition coefficient (Wildman–Crippen LogP) is 4.39. The number of halogens is 6. The third-order valence-electron chi connectivity index (χ3n) is 2.84. The van der Waals surface area contributed by atoms with E-state index in [0.29, 0.717) is 23.7 Å². The van der Waals surface area contributed by atoms with Crippen molar-refractivity contribution in [1.29, 1.82) is 0 Å². The first-order valence-corrected chi connectivity index (χ1v) is 7.93. The van der Waals surface area contributed by atoms with Crippen molar-refractivity contribution >= 4 is 18.3 Å². The van der Waals surface area contributed by atoms with Gasteiger partial charge in [0.15, 0.2) is 6.61 Å². The van der Waals surface area contributed by atoms with Gasteiger partial charge in [0.1, 0.15) is 24.9 Å². The van der Waals surface area contributed by atoms with Crippen LogP contribution in [0.3, 0.4) is 0 Å². The molecule has 7 nitrogen and oxygen atoms in total. The van der Waals surface area contributed by atoms with E-state index >= 15 is 0 Å². The van der Waals surface area contributed by atoms with Crippen LogP contribution < -0.4 is 4.74 Å². The van der Waals surface area contributed by atoms with Gasteiger partial charge in [0.25, 0.3) is 5.69 Å². The number of rotatable bonds is 5. The van der Waals surface area contributed by atoms with Crippen LogP contribution >= 0.6 is 0 Å². The highest BCUT2D eigenvalue weighted by molar-refractivity contribution is 5.75. The summed E-state index contributed by atoms with van der Waals surface area (Å²) in [4.78, 5) is 29.9. The van der Waals surface area contributed by atoms with Crippen molar-refractivity contribution in [3.8, 4) is 5.75 Å². The fourth-order valence-corrected chi connectivity index (χ4v) is 1.48. The van der Waals surface area contributed by atoms with Crippen LogP contribution in [0.15, 0.2) is 48.5 Å². The summed E-state index contributed by atoms with van der Waals surface area (Å²) in [6.07, 6.45) is -7.50. The summed E-state index contributed by atoms with van der Waals surface area (Å²) in [5.41, 5.74) is 0.829. The van der Waals surface area contributed by atoms with Gasteiger partial charge in [-0.2, -0.15) is 26.3 Å². The summed E-state index contributed by atoms with van der Waals surface area (Å²) >= 11 is 0. The highest BCUT2D eigenvalue weighted by Crippen LogP contribution is 2.18. The molecule has 0 aliphatic heterocycles. The van der Waals surface area contributed by atoms with Crippen LogP contribution in [0.1, 0.15) is 20.7 Å². The van der Waals surface area contributed by atoms with E-state index in [1.54, 1.807) is 0 Å². The van der Waals surface area contributed by atoms with E-state index in [2.05, 4.69) is 4.74 Å². The number of hydrogen-bond donors (Lipinski definition) is 1. The minimum Gasteiger partial charge on any atom is -0.484 e. The maximum atomic E-state index is 11.7. The molecule has 31 heavy (non-hydrogen) atoms. The number of hydrogen-bond acceptors (Lipinski definition) is 6. The van der Waals surface area contributed by atoms with Crippen molar-refractivity contribution in [2.24, 2.45) is 0 Å². The smallest absolute Gasteiger partial charge is 0.422 e. The molecule has 0 spiro atoms. The van der Waals surface area contributed by atoms with Crippen molar-refractivity contribution in [2.75, 3.05) is 13.2 Å². The van der Waals surface area contributed by atoms with Gasteiger partial charge in [0, 0.05) is 23.3 Å². The molecule has 0 aromatic heterocycles. The van der Waals surface area contributed by atoms with E-state index in [0.717, 1.165) is 0 Å². The number of alkyl halides is 6. The number of benzene rings is 2. The molecule has 0 aliphatic carbocycles. The number of aliphatic hydroxyl groups is 1. The summed E-state index contributed by atoms with van der Waals surface area (Å²) in [6, 6.07) is 10.8. The Labute approximate surface area is 171 Å². The summed E-state index contributed by atoms with van der Waals surface area (Å²) in [5, 5.41) is 17.4. The van der Waals surface area contributed by atoms with Crippen LogP contribution in [-0.4, -0.2) is 48.2 Å². The lowest BCUT2D eigenvalue weighted by atomic mass is 10.2. The van der Waals surface area contributed by atoms with Crippen LogP contribution in [0.2, 0.25) is 0 Å². The Morgan fingerprint density at radius 1 is 0.839 bits per heavy atom. The lowest BCUT2D eigenvalue weighted by molar-refractivity contribution is -0.384. The van der Waals surface area contributed by atoms with E-state index in [9.17, 15) is 46.0 Å². The maximum absolute atomic E-state index is 11.7. The van der Waals surface area contributed by atoms with Crippen molar-refractivity contribution in [2.45, 2.75) is 12.4 Å². The molecule has 0 saturated carbocycles. The molecular formula is C18H15F6NO6. The number of ether oxygens (including phenoxy) is 1. The predicted molar refractivity (Wildman–Crippen MR) is 95.0 cm³/mol. The lowest BCUT2D eigenvalue weighted by Gasteiger charge is -2.08. The zero-order valence-corrected chi connectivity index (χ0v) is 15.4. The molecule has 0 unspecified atom stereocenters. The SMILES string of the molecule is O=Cc1ccc(OCC(F)(F)F)cc1.O=Cc1ccc([N+](=O)[O-])cc1.OCC(F)(F)F. The first-order valence-electron chi connectivity index (χ1n) is 7.93. The molecule has 0 fully saturated rings. The number of carbonyl (C=O) groups is 2. The first-order chi connectivity index (χ1) is 14.3. The first kappa shape index (κ1) is 27.5. The van der Waals surface area contributed by atoms with E-state index in [1.165, 1.54) is 48.5 Å². The van der Waals surface area contributed by atoms with Crippen LogP contribution in [0.25, 0.3) is 0 Å². The van der Waals surface area contributed by atoms with Crippen molar-refractivity contribution in [3.05, 3.63) is 69.8 Å². The molecular weight excluding hydrogens is 440 g/mol. The third-order valence-corrected chi connectivity index (χ3v) is 2.84. The zero-order valence-electron chi connectivity index (χ0n) is 15.4. The van der Waals surface area contributed by atoms with E-state index < -0.39 is 30.5 Å². The van der Waals surface area contributed by atoms with E-state index in [4.69, 9.17) is 5.11 Å². The van der Waals surface area contributed by atoms with Gasteiger partial charge in [-0.05, 0) is 36.4 Å². The number of aldehydes is 2. The molecule has 170 valence electrons. The maximum Gasteiger partial charge on any atom is 0.422 e. The second-order valence-corrected chi connectivity index (χ2v) is 5.33. The largest absolute Gasteiger partial charge is 0.484 e. The summed E-state index contributed by atoms with van der Waals surface area (Å²) in [7, 11) is 0. The molecule has 0 amide bonds. The molecule has 0 bridgehead atoms. The van der Waals surface area contributed by atoms with Gasteiger partial charge in [-0.1, -0.05) is 0 Å². The molecule has 2 aromatic rings. The van der Waals surface area contributed by atoms with Crippen LogP contribution in [0.4, 0.5) is 32.0 Å². The van der Waals surface area contributed by atoms with Crippen molar-refractivity contribution < 1.29 is 50.7 Å². The Bertz CT molecular complexity index is 819. The molecule has 2 rings (SSSR count). The summed E-state index contributed by atoms with van der Waals surface area (Å²) < 4.78 is 71.1. The van der Waals surface area contributed by atoms with Crippen molar-refractivity contribution in [3.63, 3.8) is 0 Å². The van der Waals surface area contributed by atoms with Crippen molar-refractivity contribution in [1.82, 2.24) is 0 Å². The monoisotopic (exact) mass is 455 g/mol. The average Bonchev–Trinajstić information content (AvgIpc) is 2.72. The van der Waals surface area contributed by atoms with E-state index in [1.807, 2.05) is 0 Å². The third kappa shape index (κ3) is 14.2. The molecule has 0 radical (unpaired) electrons. The Morgan fingerprint density at radius 3 is 1.52 bits per heavy atom. The van der Waals surface area contributed by atoms with Gasteiger partial charge in [-0.25, -0.2) is 0 Å². The van der Waals surface area contributed by atoms with Crippen LogP contribution in [0, 0.1) is 10.1 Å². The van der Waals surface area contributed by atoms with Gasteiger partial charge in [-0.15, -0.1) is 0 Å². The van der Waals surface area contributed by atoms with Gasteiger partial charge < -0.3 is 9.84 Å². The Morgan fingerprint density at radius 2 is 1.23 bits per heavy atom. The number of nitro benzene ring substituents is 1. The summed E-state index contributed by atoms with van der Waals surface area (Å²) in [6.45, 7) is -3.06. The molecule has 1 N–H and O–H groups in total. The second-order valence-electron chi connectivity index (χ2n) is 5.33. The van der Waals surface area contributed by atoms with E-state index in [-0.39, 0.29) is 11.4 Å². The summed E-state index contributed by atoms with van der Waals surface area (Å²) in [5.74, 6) is 0.0907. The normalized spacial score (nSPS) is 10.5. The number of aliphatic hydroxyl groups excluding tert-OH is 1. The molecule has 13 heteroatoms. The van der Waals surface area contributed by atoms with Crippen LogP contribution in [0.5, 0.6) is 5.75 Å². The lowest BCUT2D eigenvalue weighted by Crippen LogP contribution is -2.19. The minimum atomic E-state index is -4.40. The molecule has 0 heterocycles. The zero-order chi connectivity index (χ0) is 24.1. The van der Waals surface area contributed by atoms with Gasteiger partial charge in [-0.3, -0.25) is 19.7 Å². The fraction of sp³-hybridized carbons (Fsp3) is 0.222. The van der Waals surface area contributed by atoms with Gasteiger partial charge >= 0.3 is 12.4 Å². The second kappa shape index (κ2) is 13.0. The highest BCUT2D eigenvalue weighted by Gasteiger charge is 2.28. The number of nitro groups is 1. The van der Waals surface area contributed by atoms with Gasteiger partial charge in [0.2, 0.25) is 0 Å². The average molecular weight is 455 g/mol. The molecule has 2 aromatic carbocycles. The van der Waals surface area contributed by atoms with Crippen LogP contribution in [-0.2, 0) is 0 Å². The van der Waals surface area contributed by atoms with Gasteiger partial charge in [0.05, 0.1) is 4.92 Å². The quantitative estimate of drug-likeness (QED) is 0.310. The standard InChI is InChI=1S/C9H7F3O2.C7H5NO3.C2H3F3O/c10-9(11,12)6-14-8-3-1-7(5-13)2-4-8;9-5-6-1-3-7(4-2-6)8(10)11;3-2(4,5)1-6/h1-5H,6H2;1-5H;6H,1H2. The highest BCUT2D eigenvalue weighted by atomic mass is 19.4. The molecule has 0 saturated heterocycles. The number of nitrogens with zero attached hydrogens (tertiary/aromatic N) is 1. The number of non-ortho nitro benzene ring substituents is 1. The Hall–Kier alpha value is -3.48. The Kier molecular flexibility index (Phi) is 11.5. The topological polar surface area (TPSA) is 107 Å².